The van der Waals surface area contributed by atoms with Gasteiger partial charge in [-0.15, -0.1) is 0 Å². The average Bonchev–Trinajstić information content (AvgIpc) is 2.58. The van der Waals surface area contributed by atoms with Gasteiger partial charge in [0.15, 0.2) is 5.69 Å². The van der Waals surface area contributed by atoms with E-state index in [1.807, 2.05) is 13.0 Å². The van der Waals surface area contributed by atoms with Gasteiger partial charge in [0.2, 0.25) is 5.76 Å². The molecule has 0 spiro atoms. The van der Waals surface area contributed by atoms with E-state index in [9.17, 15) is 0 Å². The summed E-state index contributed by atoms with van der Waals surface area (Å²) in [4.78, 5) is 0. The molecule has 1 aromatic heterocycles. The van der Waals surface area contributed by atoms with Crippen LogP contribution in [0.5, 0.6) is 0 Å². The molecule has 0 fully saturated rings. The lowest BCUT2D eigenvalue weighted by molar-refractivity contribution is 0.355. The van der Waals surface area contributed by atoms with Crippen LogP contribution in [0.25, 0.3) is 0 Å². The van der Waals surface area contributed by atoms with E-state index in [2.05, 4.69) is 9.89 Å². The zero-order chi connectivity index (χ0) is 9.84. The molecule has 0 aliphatic rings. The number of nitrogens with zero attached hydrogens (tertiary/aromatic N) is 2. The first-order valence-corrected chi connectivity index (χ1v) is 3.76. The first kappa shape index (κ1) is 9.26. The number of hydrogen-bond acceptors (Lipinski definition) is 5. The zero-order valence-corrected chi connectivity index (χ0v) is 7.42. The van der Waals surface area contributed by atoms with Crippen molar-refractivity contribution in [1.29, 1.82) is 10.7 Å². The van der Waals surface area contributed by atoms with Crippen LogP contribution >= 0.6 is 0 Å². The number of nitrogens with one attached hydrogen (secondary N) is 1. The van der Waals surface area contributed by atoms with Crippen molar-refractivity contribution in [1.82, 2.24) is 5.16 Å². The van der Waals surface area contributed by atoms with Crippen LogP contribution in [-0.2, 0) is 11.2 Å². The molecule has 0 aliphatic heterocycles. The Balaban J connectivity index is 3.17. The molecule has 5 heteroatoms. The van der Waals surface area contributed by atoms with Crippen molar-refractivity contribution in [3.63, 3.8) is 0 Å². The molecule has 0 bridgehead atoms. The van der Waals surface area contributed by atoms with Gasteiger partial charge in [-0.1, -0.05) is 12.1 Å². The van der Waals surface area contributed by atoms with E-state index in [0.29, 0.717) is 12.0 Å². The van der Waals surface area contributed by atoms with Crippen LogP contribution in [0.1, 0.15) is 23.9 Å². The Labute approximate surface area is 75.4 Å². The lowest BCUT2D eigenvalue weighted by atomic mass is 10.1. The van der Waals surface area contributed by atoms with Crippen LogP contribution in [0.15, 0.2) is 4.52 Å². The molecule has 1 rings (SSSR count). The summed E-state index contributed by atoms with van der Waals surface area (Å²) in [5.74, 6) is 0.132. The van der Waals surface area contributed by atoms with Gasteiger partial charge in [0, 0.05) is 5.56 Å². The van der Waals surface area contributed by atoms with E-state index in [0.717, 1.165) is 0 Å². The fourth-order valence-electron chi connectivity index (χ4n) is 0.996. The minimum Gasteiger partial charge on any atom is -0.479 e. The first-order valence-electron chi connectivity index (χ1n) is 3.76. The highest BCUT2D eigenvalue weighted by atomic mass is 16.5. The van der Waals surface area contributed by atoms with Gasteiger partial charge in [-0.3, -0.25) is 5.41 Å². The lowest BCUT2D eigenvalue weighted by Crippen LogP contribution is -2.03. The highest BCUT2D eigenvalue weighted by molar-refractivity contribution is 5.90. The molecule has 1 aromatic rings. The number of nitriles is 1. The van der Waals surface area contributed by atoms with Crippen molar-refractivity contribution < 1.29 is 9.26 Å². The fraction of sp³-hybridized carbons (Fsp3) is 0.375. The van der Waals surface area contributed by atoms with Crippen LogP contribution in [0.3, 0.4) is 0 Å². The minimum absolute atomic E-state index is 0.106. The summed E-state index contributed by atoms with van der Waals surface area (Å²) in [6, 6.07) is 1.89. The van der Waals surface area contributed by atoms with Crippen molar-refractivity contribution in [2.45, 2.75) is 13.3 Å². The third kappa shape index (κ3) is 1.51. The maximum Gasteiger partial charge on any atom is 0.253 e. The normalized spacial score (nSPS) is 9.31. The predicted molar refractivity (Wildman–Crippen MR) is 44.4 cm³/mol. The van der Waals surface area contributed by atoms with E-state index >= 15 is 0 Å². The number of rotatable bonds is 2. The quantitative estimate of drug-likeness (QED) is 0.544. The van der Waals surface area contributed by atoms with Crippen LogP contribution in [0.2, 0.25) is 0 Å². The van der Waals surface area contributed by atoms with Crippen LogP contribution in [0, 0.1) is 16.7 Å². The summed E-state index contributed by atoms with van der Waals surface area (Å²) in [6.07, 6.45) is 0.591. The Kier molecular flexibility index (Phi) is 2.65. The van der Waals surface area contributed by atoms with Gasteiger partial charge in [0.1, 0.15) is 6.07 Å². The first-order chi connectivity index (χ1) is 6.24. The second kappa shape index (κ2) is 3.72. The van der Waals surface area contributed by atoms with Gasteiger partial charge in [-0.2, -0.15) is 5.26 Å². The predicted octanol–water partition coefficient (Wildman–Crippen LogP) is 1.08. The Morgan fingerprint density at radius 3 is 2.92 bits per heavy atom. The van der Waals surface area contributed by atoms with Crippen molar-refractivity contribution in [3.05, 3.63) is 17.0 Å². The second-order valence-electron chi connectivity index (χ2n) is 2.34. The largest absolute Gasteiger partial charge is 0.479 e. The summed E-state index contributed by atoms with van der Waals surface area (Å²) in [7, 11) is 1.37. The summed E-state index contributed by atoms with van der Waals surface area (Å²) in [5, 5.41) is 19.5. The van der Waals surface area contributed by atoms with Gasteiger partial charge in [0.05, 0.1) is 7.11 Å². The Hall–Kier alpha value is -1.83. The topological polar surface area (TPSA) is 82.9 Å². The van der Waals surface area contributed by atoms with E-state index in [1.54, 1.807) is 0 Å². The number of hydrogen-bond donors (Lipinski definition) is 1. The molecule has 0 unspecified atom stereocenters. The molecule has 0 atom stereocenters. The zero-order valence-electron chi connectivity index (χ0n) is 7.42. The number of methoxy groups -OCH3 is 1. The van der Waals surface area contributed by atoms with Gasteiger partial charge < -0.3 is 9.26 Å². The number of ether oxygens (including phenoxy) is 1. The fourth-order valence-corrected chi connectivity index (χ4v) is 0.996. The van der Waals surface area contributed by atoms with E-state index < -0.39 is 0 Å². The molecule has 1 N–H and O–H groups in total. The Bertz CT molecular complexity index is 362. The third-order valence-corrected chi connectivity index (χ3v) is 1.66. The summed E-state index contributed by atoms with van der Waals surface area (Å²) in [5.41, 5.74) is 0.841. The van der Waals surface area contributed by atoms with E-state index in [4.69, 9.17) is 15.2 Å². The third-order valence-electron chi connectivity index (χ3n) is 1.66. The molecule has 0 saturated heterocycles. The van der Waals surface area contributed by atoms with Crippen molar-refractivity contribution in [2.24, 2.45) is 0 Å². The van der Waals surface area contributed by atoms with Crippen molar-refractivity contribution in [3.8, 4) is 6.07 Å². The molecule has 0 aromatic carbocycles. The van der Waals surface area contributed by atoms with Gasteiger partial charge >= 0.3 is 0 Å². The summed E-state index contributed by atoms with van der Waals surface area (Å²) < 4.78 is 9.48. The average molecular weight is 179 g/mol. The lowest BCUT2D eigenvalue weighted by Gasteiger charge is -1.97. The molecular weight excluding hydrogens is 170 g/mol. The molecule has 0 amide bonds. The molecule has 13 heavy (non-hydrogen) atoms. The van der Waals surface area contributed by atoms with Crippen LogP contribution in [0.4, 0.5) is 0 Å². The molecule has 68 valence electrons. The highest BCUT2D eigenvalue weighted by Crippen LogP contribution is 2.14. The smallest absolute Gasteiger partial charge is 0.253 e. The molecule has 1 heterocycles. The summed E-state index contributed by atoms with van der Waals surface area (Å²) in [6.45, 7) is 1.86. The highest BCUT2D eigenvalue weighted by Gasteiger charge is 2.18. The molecular formula is C8H9N3O2. The van der Waals surface area contributed by atoms with Crippen LogP contribution in [-0.4, -0.2) is 18.2 Å². The van der Waals surface area contributed by atoms with E-state index in [1.165, 1.54) is 7.11 Å². The number of aromatic nitrogens is 1. The van der Waals surface area contributed by atoms with Gasteiger partial charge in [-0.25, -0.2) is 0 Å². The van der Waals surface area contributed by atoms with Crippen molar-refractivity contribution in [2.75, 3.05) is 7.11 Å². The minimum atomic E-state index is -0.106. The summed E-state index contributed by atoms with van der Waals surface area (Å²) >= 11 is 0. The van der Waals surface area contributed by atoms with Gasteiger partial charge in [0.25, 0.3) is 5.90 Å². The second-order valence-corrected chi connectivity index (χ2v) is 2.34. The standard InChI is InChI=1S/C8H9N3O2/c1-3-5-6(4-9)11-13-7(5)8(10)12-2/h10H,3H2,1-2H3. The maximum atomic E-state index is 8.63. The molecule has 0 saturated carbocycles. The Morgan fingerprint density at radius 2 is 2.46 bits per heavy atom. The Morgan fingerprint density at radius 1 is 1.77 bits per heavy atom. The molecule has 5 nitrogen and oxygen atoms in total. The van der Waals surface area contributed by atoms with Crippen molar-refractivity contribution >= 4 is 5.90 Å². The maximum absolute atomic E-state index is 8.63. The monoisotopic (exact) mass is 179 g/mol. The van der Waals surface area contributed by atoms with Gasteiger partial charge in [-0.05, 0) is 6.42 Å². The molecule has 0 aliphatic carbocycles. The SMILES string of the molecule is CCc1c(C#N)noc1C(=N)OC. The molecule has 0 radical (unpaired) electrons. The van der Waals surface area contributed by atoms with Crippen LogP contribution < -0.4 is 0 Å². The van der Waals surface area contributed by atoms with E-state index in [-0.39, 0.29) is 17.4 Å².